The zero-order chi connectivity index (χ0) is 12.0. The van der Waals surface area contributed by atoms with Crippen LogP contribution in [0.1, 0.15) is 18.4 Å². The zero-order valence-corrected chi connectivity index (χ0v) is 11.4. The van der Waals surface area contributed by atoms with E-state index in [0.717, 1.165) is 24.1 Å². The van der Waals surface area contributed by atoms with E-state index >= 15 is 0 Å². The van der Waals surface area contributed by atoms with Gasteiger partial charge in [-0.1, -0.05) is 6.08 Å². The van der Waals surface area contributed by atoms with Crippen molar-refractivity contribution in [3.63, 3.8) is 0 Å². The SMILES string of the molecule is CN(C)C1C=C2C(=Nc3cc(O)ccc32)CC1.Cl. The van der Waals surface area contributed by atoms with Crippen LogP contribution in [0.2, 0.25) is 0 Å². The maximum absolute atomic E-state index is 9.47. The summed E-state index contributed by atoms with van der Waals surface area (Å²) in [6.07, 6.45) is 4.44. The van der Waals surface area contributed by atoms with E-state index in [4.69, 9.17) is 0 Å². The summed E-state index contributed by atoms with van der Waals surface area (Å²) in [6, 6.07) is 5.93. The zero-order valence-electron chi connectivity index (χ0n) is 10.6. The van der Waals surface area contributed by atoms with Gasteiger partial charge in [0.25, 0.3) is 0 Å². The highest BCUT2D eigenvalue weighted by Crippen LogP contribution is 2.40. The molecule has 1 aromatic carbocycles. The Bertz CT molecular complexity index is 535. The van der Waals surface area contributed by atoms with Crippen molar-refractivity contribution in [1.82, 2.24) is 4.90 Å². The highest BCUT2D eigenvalue weighted by molar-refractivity contribution is 6.29. The first-order chi connectivity index (χ1) is 8.15. The van der Waals surface area contributed by atoms with Crippen LogP contribution in [-0.2, 0) is 0 Å². The Hall–Kier alpha value is -1.32. The molecule has 1 aliphatic carbocycles. The molecule has 18 heavy (non-hydrogen) atoms. The lowest BCUT2D eigenvalue weighted by atomic mass is 9.90. The van der Waals surface area contributed by atoms with Crippen LogP contribution in [0, 0.1) is 0 Å². The van der Waals surface area contributed by atoms with Gasteiger partial charge in [0, 0.05) is 29.0 Å². The average molecular weight is 265 g/mol. The predicted molar refractivity (Wildman–Crippen MR) is 77.1 cm³/mol. The van der Waals surface area contributed by atoms with E-state index < -0.39 is 0 Å². The van der Waals surface area contributed by atoms with E-state index in [1.807, 2.05) is 6.07 Å². The van der Waals surface area contributed by atoms with Crippen molar-refractivity contribution >= 4 is 29.4 Å². The summed E-state index contributed by atoms with van der Waals surface area (Å²) in [4.78, 5) is 6.84. The molecule has 0 aromatic heterocycles. The van der Waals surface area contributed by atoms with Crippen LogP contribution in [0.25, 0.3) is 5.57 Å². The Balaban J connectivity index is 0.00000120. The molecule has 1 aliphatic heterocycles. The van der Waals surface area contributed by atoms with E-state index in [1.54, 1.807) is 12.1 Å². The number of rotatable bonds is 1. The molecule has 1 aromatic rings. The maximum atomic E-state index is 9.47. The Morgan fingerprint density at radius 1 is 1.33 bits per heavy atom. The molecule has 0 spiro atoms. The summed E-state index contributed by atoms with van der Waals surface area (Å²) in [5.74, 6) is 0.288. The van der Waals surface area contributed by atoms with E-state index in [1.165, 1.54) is 11.3 Å². The predicted octanol–water partition coefficient (Wildman–Crippen LogP) is 3.01. The van der Waals surface area contributed by atoms with Gasteiger partial charge in [0.05, 0.1) is 5.69 Å². The number of phenols is 1. The molecule has 3 rings (SSSR count). The highest BCUT2D eigenvalue weighted by Gasteiger charge is 2.27. The molecule has 1 heterocycles. The molecule has 0 saturated carbocycles. The molecule has 1 unspecified atom stereocenters. The third-order valence-electron chi connectivity index (χ3n) is 3.54. The Morgan fingerprint density at radius 2 is 2.11 bits per heavy atom. The number of benzene rings is 1. The number of halogens is 1. The fourth-order valence-corrected chi connectivity index (χ4v) is 2.55. The average Bonchev–Trinajstić information content (AvgIpc) is 2.64. The fourth-order valence-electron chi connectivity index (χ4n) is 2.55. The fraction of sp³-hybridized carbons (Fsp3) is 0.357. The van der Waals surface area contributed by atoms with Gasteiger partial charge in [-0.25, -0.2) is 0 Å². The van der Waals surface area contributed by atoms with Gasteiger partial charge in [0.1, 0.15) is 5.75 Å². The Kier molecular flexibility index (Phi) is 3.46. The molecule has 0 amide bonds. The van der Waals surface area contributed by atoms with Gasteiger partial charge >= 0.3 is 0 Å². The van der Waals surface area contributed by atoms with Crippen LogP contribution in [0.3, 0.4) is 0 Å². The second-order valence-electron chi connectivity index (χ2n) is 4.91. The van der Waals surface area contributed by atoms with Gasteiger partial charge in [0.15, 0.2) is 0 Å². The topological polar surface area (TPSA) is 35.8 Å². The second-order valence-corrected chi connectivity index (χ2v) is 4.91. The number of nitrogens with zero attached hydrogens (tertiary/aromatic N) is 2. The highest BCUT2D eigenvalue weighted by atomic mass is 35.5. The lowest BCUT2D eigenvalue weighted by Gasteiger charge is -2.26. The van der Waals surface area contributed by atoms with Crippen LogP contribution in [0.5, 0.6) is 5.75 Å². The third kappa shape index (κ3) is 2.04. The molecule has 0 bridgehead atoms. The van der Waals surface area contributed by atoms with E-state index in [-0.39, 0.29) is 18.2 Å². The molecule has 2 aliphatic rings. The molecule has 4 heteroatoms. The largest absolute Gasteiger partial charge is 0.508 e. The number of likely N-dealkylation sites (N-methyl/N-ethyl adjacent to an activating group) is 1. The van der Waals surface area contributed by atoms with Crippen LogP contribution >= 0.6 is 12.4 Å². The Labute approximate surface area is 113 Å². The van der Waals surface area contributed by atoms with Crippen LogP contribution in [0.15, 0.2) is 29.3 Å². The lowest BCUT2D eigenvalue weighted by Crippen LogP contribution is -2.29. The lowest BCUT2D eigenvalue weighted by molar-refractivity contribution is 0.330. The third-order valence-corrected chi connectivity index (χ3v) is 3.54. The normalized spacial score (nSPS) is 20.7. The number of fused-ring (bicyclic) bond motifs is 3. The molecule has 1 atom stereocenters. The summed E-state index contributed by atoms with van der Waals surface area (Å²) in [6.45, 7) is 0. The molecule has 0 radical (unpaired) electrons. The first kappa shape index (κ1) is 13.1. The summed E-state index contributed by atoms with van der Waals surface area (Å²) in [7, 11) is 4.22. The summed E-state index contributed by atoms with van der Waals surface area (Å²) in [5.41, 5.74) is 4.49. The van der Waals surface area contributed by atoms with Crippen LogP contribution < -0.4 is 0 Å². The molecular formula is C14H17ClN2O. The quantitative estimate of drug-likeness (QED) is 0.846. The maximum Gasteiger partial charge on any atom is 0.117 e. The molecule has 96 valence electrons. The van der Waals surface area contributed by atoms with Crippen LogP contribution in [-0.4, -0.2) is 35.9 Å². The van der Waals surface area contributed by atoms with Crippen molar-refractivity contribution in [2.45, 2.75) is 18.9 Å². The van der Waals surface area contributed by atoms with Crippen molar-refractivity contribution in [3.8, 4) is 5.75 Å². The van der Waals surface area contributed by atoms with Gasteiger partial charge in [-0.3, -0.25) is 4.99 Å². The second kappa shape index (κ2) is 4.75. The van der Waals surface area contributed by atoms with E-state index in [0.29, 0.717) is 6.04 Å². The van der Waals surface area contributed by atoms with Crippen molar-refractivity contribution < 1.29 is 5.11 Å². The minimum atomic E-state index is 0. The first-order valence-electron chi connectivity index (χ1n) is 5.95. The molecule has 0 fully saturated rings. The molecular weight excluding hydrogens is 248 g/mol. The number of allylic oxidation sites excluding steroid dienone is 1. The molecule has 3 nitrogen and oxygen atoms in total. The minimum Gasteiger partial charge on any atom is -0.508 e. The number of aliphatic imine (C=N–C) groups is 1. The van der Waals surface area contributed by atoms with Gasteiger partial charge < -0.3 is 10.0 Å². The van der Waals surface area contributed by atoms with E-state index in [9.17, 15) is 5.11 Å². The monoisotopic (exact) mass is 264 g/mol. The standard InChI is InChI=1S/C14H16N2O.ClH/c1-16(2)9-3-6-13-12(7-9)11-5-4-10(17)8-14(11)15-13;/h4-5,7-9,17H,3,6H2,1-2H3;1H. The Morgan fingerprint density at radius 3 is 2.83 bits per heavy atom. The van der Waals surface area contributed by atoms with Gasteiger partial charge in [-0.05, 0) is 39.1 Å². The summed E-state index contributed by atoms with van der Waals surface area (Å²) < 4.78 is 0. The number of hydrogen-bond acceptors (Lipinski definition) is 3. The van der Waals surface area contributed by atoms with Crippen LogP contribution in [0.4, 0.5) is 5.69 Å². The number of aromatic hydroxyl groups is 1. The minimum absolute atomic E-state index is 0. The molecule has 0 saturated heterocycles. The van der Waals surface area contributed by atoms with Gasteiger partial charge in [-0.2, -0.15) is 0 Å². The number of hydrogen-bond donors (Lipinski definition) is 1. The van der Waals surface area contributed by atoms with Crippen molar-refractivity contribution in [2.75, 3.05) is 14.1 Å². The van der Waals surface area contributed by atoms with Gasteiger partial charge in [0.2, 0.25) is 0 Å². The smallest absolute Gasteiger partial charge is 0.117 e. The van der Waals surface area contributed by atoms with Crippen molar-refractivity contribution in [2.24, 2.45) is 4.99 Å². The first-order valence-corrected chi connectivity index (χ1v) is 5.95. The van der Waals surface area contributed by atoms with Crippen molar-refractivity contribution in [1.29, 1.82) is 0 Å². The molecule has 1 N–H and O–H groups in total. The van der Waals surface area contributed by atoms with Gasteiger partial charge in [-0.15, -0.1) is 12.4 Å². The number of phenolic OH excluding ortho intramolecular Hbond substituents is 1. The summed E-state index contributed by atoms with van der Waals surface area (Å²) in [5, 5.41) is 9.47. The summed E-state index contributed by atoms with van der Waals surface area (Å²) >= 11 is 0. The van der Waals surface area contributed by atoms with E-state index in [2.05, 4.69) is 30.1 Å². The van der Waals surface area contributed by atoms with Crippen molar-refractivity contribution in [3.05, 3.63) is 29.8 Å².